The van der Waals surface area contributed by atoms with Gasteiger partial charge in [-0.05, 0) is 24.1 Å². The minimum Gasteiger partial charge on any atom is -0.507 e. The summed E-state index contributed by atoms with van der Waals surface area (Å²) >= 11 is 0. The minimum absolute atomic E-state index is 0.0669. The molecule has 112 valence electrons. The van der Waals surface area contributed by atoms with Gasteiger partial charge in [0, 0.05) is 6.07 Å². The standard InChI is InChI=1S/C18H16O4/c19-15-7-4-8-17-18(15)16(20)11-14(22-17)12-21-10-9-13-5-2-1-3-6-13/h1-8,11,19H,9-10,12H2. The first kappa shape index (κ1) is 14.4. The zero-order valence-corrected chi connectivity index (χ0v) is 12.0. The van der Waals surface area contributed by atoms with Crippen molar-refractivity contribution in [1.82, 2.24) is 0 Å². The summed E-state index contributed by atoms with van der Waals surface area (Å²) in [6.45, 7) is 0.777. The Balaban J connectivity index is 1.66. The van der Waals surface area contributed by atoms with Gasteiger partial charge >= 0.3 is 0 Å². The second-order valence-electron chi connectivity index (χ2n) is 5.02. The van der Waals surface area contributed by atoms with E-state index in [1.165, 1.54) is 17.7 Å². The van der Waals surface area contributed by atoms with Gasteiger partial charge in [-0.2, -0.15) is 0 Å². The summed E-state index contributed by atoms with van der Waals surface area (Å²) in [6, 6.07) is 16.2. The first-order valence-corrected chi connectivity index (χ1v) is 7.10. The normalized spacial score (nSPS) is 10.9. The molecule has 3 aromatic rings. The van der Waals surface area contributed by atoms with Crippen molar-refractivity contribution in [2.75, 3.05) is 6.61 Å². The van der Waals surface area contributed by atoms with Crippen molar-refractivity contribution in [3.63, 3.8) is 0 Å². The molecular weight excluding hydrogens is 280 g/mol. The van der Waals surface area contributed by atoms with Crippen molar-refractivity contribution in [2.45, 2.75) is 13.0 Å². The molecular formula is C18H16O4. The monoisotopic (exact) mass is 296 g/mol. The number of phenolic OH excluding ortho intramolecular Hbond substituents is 1. The van der Waals surface area contributed by atoms with Gasteiger partial charge in [-0.1, -0.05) is 36.4 Å². The van der Waals surface area contributed by atoms with Crippen LogP contribution in [0.15, 0.2) is 63.8 Å². The van der Waals surface area contributed by atoms with Gasteiger partial charge < -0.3 is 14.3 Å². The van der Waals surface area contributed by atoms with Gasteiger partial charge in [0.15, 0.2) is 5.43 Å². The Labute approximate surface area is 127 Å². The van der Waals surface area contributed by atoms with Crippen molar-refractivity contribution in [3.8, 4) is 5.75 Å². The molecule has 0 atom stereocenters. The van der Waals surface area contributed by atoms with Gasteiger partial charge in [0.2, 0.25) is 0 Å². The van der Waals surface area contributed by atoms with Crippen LogP contribution in [0.2, 0.25) is 0 Å². The van der Waals surface area contributed by atoms with Crippen LogP contribution in [0, 0.1) is 0 Å². The molecule has 4 heteroatoms. The first-order valence-electron chi connectivity index (χ1n) is 7.10. The zero-order chi connectivity index (χ0) is 15.4. The molecule has 0 aliphatic rings. The van der Waals surface area contributed by atoms with Crippen LogP contribution in [0.25, 0.3) is 11.0 Å². The number of benzene rings is 2. The Morgan fingerprint density at radius 3 is 2.68 bits per heavy atom. The van der Waals surface area contributed by atoms with Crippen LogP contribution in [-0.2, 0) is 17.8 Å². The van der Waals surface area contributed by atoms with E-state index < -0.39 is 0 Å². The summed E-state index contributed by atoms with van der Waals surface area (Å²) < 4.78 is 11.2. The minimum atomic E-state index is -0.263. The van der Waals surface area contributed by atoms with E-state index in [1.54, 1.807) is 12.1 Å². The van der Waals surface area contributed by atoms with E-state index in [9.17, 15) is 9.90 Å². The second kappa shape index (κ2) is 6.45. The number of aromatic hydroxyl groups is 1. The molecule has 0 unspecified atom stereocenters. The number of hydrogen-bond donors (Lipinski definition) is 1. The highest BCUT2D eigenvalue weighted by Crippen LogP contribution is 2.21. The van der Waals surface area contributed by atoms with Crippen molar-refractivity contribution in [2.24, 2.45) is 0 Å². The summed E-state index contributed by atoms with van der Waals surface area (Å²) in [5.74, 6) is 0.388. The summed E-state index contributed by atoms with van der Waals surface area (Å²) in [4.78, 5) is 12.0. The lowest BCUT2D eigenvalue weighted by Gasteiger charge is -2.06. The van der Waals surface area contributed by atoms with Crippen LogP contribution >= 0.6 is 0 Å². The predicted molar refractivity (Wildman–Crippen MR) is 84.0 cm³/mol. The molecule has 22 heavy (non-hydrogen) atoms. The quantitative estimate of drug-likeness (QED) is 0.734. The maximum absolute atomic E-state index is 12.0. The Kier molecular flexibility index (Phi) is 4.21. The fraction of sp³-hybridized carbons (Fsp3) is 0.167. The molecule has 0 aliphatic carbocycles. The van der Waals surface area contributed by atoms with Crippen molar-refractivity contribution in [1.29, 1.82) is 0 Å². The SMILES string of the molecule is O=c1cc(COCCc2ccccc2)oc2cccc(O)c12. The van der Waals surface area contributed by atoms with Crippen LogP contribution in [0.3, 0.4) is 0 Å². The molecule has 0 bridgehead atoms. The topological polar surface area (TPSA) is 59.7 Å². The van der Waals surface area contributed by atoms with E-state index in [0.717, 1.165) is 6.42 Å². The van der Waals surface area contributed by atoms with Crippen LogP contribution in [0.5, 0.6) is 5.75 Å². The maximum Gasteiger partial charge on any atom is 0.196 e. The second-order valence-corrected chi connectivity index (χ2v) is 5.02. The van der Waals surface area contributed by atoms with Gasteiger partial charge in [-0.15, -0.1) is 0 Å². The fourth-order valence-electron chi connectivity index (χ4n) is 2.32. The van der Waals surface area contributed by atoms with Gasteiger partial charge in [-0.3, -0.25) is 4.79 Å². The molecule has 3 rings (SSSR count). The molecule has 1 heterocycles. The average molecular weight is 296 g/mol. The maximum atomic E-state index is 12.0. The molecule has 4 nitrogen and oxygen atoms in total. The van der Waals surface area contributed by atoms with Crippen molar-refractivity contribution < 1.29 is 14.3 Å². The fourth-order valence-corrected chi connectivity index (χ4v) is 2.32. The van der Waals surface area contributed by atoms with Gasteiger partial charge in [0.25, 0.3) is 0 Å². The number of phenols is 1. The zero-order valence-electron chi connectivity index (χ0n) is 12.0. The van der Waals surface area contributed by atoms with Crippen LogP contribution in [-0.4, -0.2) is 11.7 Å². The molecule has 0 aliphatic heterocycles. The van der Waals surface area contributed by atoms with E-state index >= 15 is 0 Å². The highest BCUT2D eigenvalue weighted by molar-refractivity contribution is 5.82. The van der Waals surface area contributed by atoms with E-state index in [1.807, 2.05) is 30.3 Å². The van der Waals surface area contributed by atoms with E-state index in [4.69, 9.17) is 9.15 Å². The lowest BCUT2D eigenvalue weighted by molar-refractivity contribution is 0.109. The smallest absolute Gasteiger partial charge is 0.196 e. The van der Waals surface area contributed by atoms with Gasteiger partial charge in [0.05, 0.1) is 6.61 Å². The van der Waals surface area contributed by atoms with Crippen molar-refractivity contribution in [3.05, 3.63) is 76.1 Å². The Morgan fingerprint density at radius 1 is 1.05 bits per heavy atom. The van der Waals surface area contributed by atoms with Crippen LogP contribution < -0.4 is 5.43 Å². The van der Waals surface area contributed by atoms with E-state index in [2.05, 4.69) is 0 Å². The lowest BCUT2D eigenvalue weighted by Crippen LogP contribution is -2.05. The third-order valence-electron chi connectivity index (χ3n) is 3.41. The number of fused-ring (bicyclic) bond motifs is 1. The third-order valence-corrected chi connectivity index (χ3v) is 3.41. The molecule has 0 saturated carbocycles. The summed E-state index contributed by atoms with van der Waals surface area (Å²) in [5.41, 5.74) is 1.31. The van der Waals surface area contributed by atoms with Crippen LogP contribution in [0.4, 0.5) is 0 Å². The number of rotatable bonds is 5. The van der Waals surface area contributed by atoms with Crippen LogP contribution in [0.1, 0.15) is 11.3 Å². The summed E-state index contributed by atoms with van der Waals surface area (Å²) in [6.07, 6.45) is 0.805. The highest BCUT2D eigenvalue weighted by Gasteiger charge is 2.08. The molecule has 0 fully saturated rings. The average Bonchev–Trinajstić information content (AvgIpc) is 2.52. The molecule has 0 amide bonds. The Morgan fingerprint density at radius 2 is 1.86 bits per heavy atom. The van der Waals surface area contributed by atoms with E-state index in [-0.39, 0.29) is 23.2 Å². The molecule has 0 spiro atoms. The van der Waals surface area contributed by atoms with Gasteiger partial charge in [0.1, 0.15) is 29.1 Å². The Bertz CT molecular complexity index is 821. The Hall–Kier alpha value is -2.59. The largest absolute Gasteiger partial charge is 0.507 e. The summed E-state index contributed by atoms with van der Waals surface area (Å²) in [5, 5.41) is 9.90. The lowest BCUT2D eigenvalue weighted by atomic mass is 10.2. The number of hydrogen-bond acceptors (Lipinski definition) is 4. The molecule has 2 aromatic carbocycles. The molecule has 1 aromatic heterocycles. The van der Waals surface area contributed by atoms with Gasteiger partial charge in [-0.25, -0.2) is 0 Å². The third kappa shape index (κ3) is 3.18. The highest BCUT2D eigenvalue weighted by atomic mass is 16.5. The molecule has 1 N–H and O–H groups in total. The summed E-state index contributed by atoms with van der Waals surface area (Å²) in [7, 11) is 0. The molecule has 0 saturated heterocycles. The predicted octanol–water partition coefficient (Wildman–Crippen LogP) is 3.26. The number of ether oxygens (including phenoxy) is 1. The van der Waals surface area contributed by atoms with E-state index in [0.29, 0.717) is 18.0 Å². The first-order chi connectivity index (χ1) is 10.7. The molecule has 0 radical (unpaired) electrons. The van der Waals surface area contributed by atoms with Crippen molar-refractivity contribution >= 4 is 11.0 Å².